The molecule has 66 valence electrons. The van der Waals surface area contributed by atoms with Crippen molar-refractivity contribution in [3.05, 3.63) is 26.7 Å². The van der Waals surface area contributed by atoms with Crippen LogP contribution in [-0.4, -0.2) is 4.98 Å². The fourth-order valence-electron chi connectivity index (χ4n) is 0.609. The largest absolute Gasteiger partial charge is 0.268 e. The lowest BCUT2D eigenvalue weighted by molar-refractivity contribution is 0.145. The van der Waals surface area contributed by atoms with Crippen molar-refractivity contribution >= 4 is 31.9 Å². The maximum absolute atomic E-state index is 12.9. The average molecular weight is 305 g/mol. The second-order valence-corrected chi connectivity index (χ2v) is 3.48. The van der Waals surface area contributed by atoms with Crippen LogP contribution in [-0.2, 0) is 0 Å². The van der Waals surface area contributed by atoms with Gasteiger partial charge >= 0.3 is 0 Å². The first-order valence-corrected chi connectivity index (χ1v) is 4.40. The summed E-state index contributed by atoms with van der Waals surface area (Å²) in [6, 6.07) is 0. The Bertz CT molecular complexity index is 303. The van der Waals surface area contributed by atoms with Crippen LogP contribution in [0.4, 0.5) is 13.2 Å². The van der Waals surface area contributed by atoms with E-state index in [1.165, 1.54) is 0 Å². The van der Waals surface area contributed by atoms with Crippen molar-refractivity contribution in [2.45, 2.75) is 6.43 Å². The van der Waals surface area contributed by atoms with Crippen LogP contribution < -0.4 is 0 Å². The van der Waals surface area contributed by atoms with E-state index in [2.05, 4.69) is 36.8 Å². The molecule has 0 aliphatic rings. The topological polar surface area (TPSA) is 12.9 Å². The number of halogens is 5. The van der Waals surface area contributed by atoms with Gasteiger partial charge in [-0.15, -0.1) is 0 Å². The van der Waals surface area contributed by atoms with Crippen LogP contribution in [0.25, 0.3) is 0 Å². The molecule has 0 fully saturated rings. The van der Waals surface area contributed by atoms with Gasteiger partial charge in [0.05, 0.1) is 10.0 Å². The molecule has 0 aromatic carbocycles. The molecule has 0 N–H and O–H groups in total. The zero-order chi connectivity index (χ0) is 9.30. The Morgan fingerprint density at radius 2 is 1.92 bits per heavy atom. The van der Waals surface area contributed by atoms with E-state index in [0.29, 0.717) is 0 Å². The van der Waals surface area contributed by atoms with Crippen LogP contribution in [0.2, 0.25) is 0 Å². The highest BCUT2D eigenvalue weighted by Gasteiger charge is 2.17. The van der Waals surface area contributed by atoms with Gasteiger partial charge in [-0.1, -0.05) is 0 Å². The van der Waals surface area contributed by atoms with Gasteiger partial charge in [0.2, 0.25) is 0 Å². The number of aromatic nitrogens is 1. The average Bonchev–Trinajstić information content (AvgIpc) is 2.00. The zero-order valence-electron chi connectivity index (χ0n) is 5.49. The Morgan fingerprint density at radius 3 is 2.42 bits per heavy atom. The minimum Gasteiger partial charge on any atom is -0.247 e. The second-order valence-electron chi connectivity index (χ2n) is 1.93. The minimum absolute atomic E-state index is 0.0831. The van der Waals surface area contributed by atoms with Crippen molar-refractivity contribution in [3.63, 3.8) is 0 Å². The Hall–Kier alpha value is -0.100. The Balaban J connectivity index is 3.27. The standard InChI is InChI=1S/C6H2Br2F3N/c7-3-4(9)2(6(10)11)1-12-5(3)8/h1,6H. The van der Waals surface area contributed by atoms with Crippen molar-refractivity contribution in [3.8, 4) is 0 Å². The number of alkyl halides is 2. The van der Waals surface area contributed by atoms with Crippen LogP contribution in [0.15, 0.2) is 15.3 Å². The first-order chi connectivity index (χ1) is 5.54. The molecule has 0 saturated carbocycles. The van der Waals surface area contributed by atoms with Crippen LogP contribution in [0.5, 0.6) is 0 Å². The van der Waals surface area contributed by atoms with Crippen LogP contribution >= 0.6 is 31.9 Å². The third-order valence-corrected chi connectivity index (χ3v) is 3.04. The molecule has 0 aliphatic carbocycles. The molecule has 0 unspecified atom stereocenters. The molecular weight excluding hydrogens is 303 g/mol. The summed E-state index contributed by atoms with van der Waals surface area (Å²) >= 11 is 5.67. The molecule has 0 aliphatic heterocycles. The molecule has 1 rings (SSSR count). The molecular formula is C6H2Br2F3N. The first kappa shape index (κ1) is 9.98. The lowest BCUT2D eigenvalue weighted by Crippen LogP contribution is -1.94. The summed E-state index contributed by atoms with van der Waals surface area (Å²) in [7, 11) is 0. The molecule has 6 heteroatoms. The zero-order valence-corrected chi connectivity index (χ0v) is 8.66. The minimum atomic E-state index is -2.85. The molecule has 1 aromatic heterocycles. The Kier molecular flexibility index (Phi) is 3.11. The van der Waals surface area contributed by atoms with Gasteiger partial charge in [-0.05, 0) is 31.9 Å². The summed E-state index contributed by atoms with van der Waals surface area (Å²) in [5.41, 5.74) is -0.704. The van der Waals surface area contributed by atoms with Gasteiger partial charge in [-0.25, -0.2) is 18.2 Å². The fourth-order valence-corrected chi connectivity index (χ4v) is 1.22. The van der Waals surface area contributed by atoms with Gasteiger partial charge in [0, 0.05) is 6.20 Å². The lowest BCUT2D eigenvalue weighted by atomic mass is 10.3. The van der Waals surface area contributed by atoms with Gasteiger partial charge in [-0.2, -0.15) is 0 Å². The molecule has 1 nitrogen and oxygen atoms in total. The number of hydrogen-bond acceptors (Lipinski definition) is 1. The Morgan fingerprint density at radius 1 is 1.33 bits per heavy atom. The monoisotopic (exact) mass is 303 g/mol. The second kappa shape index (κ2) is 3.74. The van der Waals surface area contributed by atoms with E-state index in [-0.39, 0.29) is 9.08 Å². The third kappa shape index (κ3) is 1.80. The molecule has 1 heterocycles. The normalized spacial score (nSPS) is 10.8. The number of rotatable bonds is 1. The number of hydrogen-bond donors (Lipinski definition) is 0. The van der Waals surface area contributed by atoms with Gasteiger partial charge in [0.1, 0.15) is 4.60 Å². The molecule has 1 aromatic rings. The van der Waals surface area contributed by atoms with Crippen LogP contribution in [0, 0.1) is 5.82 Å². The molecule has 0 radical (unpaired) electrons. The predicted molar refractivity (Wildman–Crippen MR) is 44.6 cm³/mol. The summed E-state index contributed by atoms with van der Waals surface area (Å²) in [5, 5.41) is 0. The summed E-state index contributed by atoms with van der Waals surface area (Å²) in [6.45, 7) is 0. The van der Waals surface area contributed by atoms with E-state index in [9.17, 15) is 13.2 Å². The lowest BCUT2D eigenvalue weighted by Gasteiger charge is -2.03. The highest BCUT2D eigenvalue weighted by atomic mass is 79.9. The summed E-state index contributed by atoms with van der Waals surface area (Å²) in [6.07, 6.45) is -2.05. The Labute approximate surface area is 83.2 Å². The van der Waals surface area contributed by atoms with E-state index >= 15 is 0 Å². The van der Waals surface area contributed by atoms with Crippen molar-refractivity contribution in [2.75, 3.05) is 0 Å². The van der Waals surface area contributed by atoms with Crippen molar-refractivity contribution in [1.29, 1.82) is 0 Å². The van der Waals surface area contributed by atoms with E-state index < -0.39 is 17.8 Å². The van der Waals surface area contributed by atoms with Crippen molar-refractivity contribution in [2.24, 2.45) is 0 Å². The SMILES string of the molecule is Fc1c(C(F)F)cnc(Br)c1Br. The number of pyridine rings is 1. The van der Waals surface area contributed by atoms with Gasteiger partial charge < -0.3 is 0 Å². The highest BCUT2D eigenvalue weighted by molar-refractivity contribution is 9.13. The molecule has 12 heavy (non-hydrogen) atoms. The summed E-state index contributed by atoms with van der Waals surface area (Å²) < 4.78 is 37.1. The molecule has 0 amide bonds. The molecule has 0 spiro atoms. The first-order valence-electron chi connectivity index (χ1n) is 2.81. The van der Waals surface area contributed by atoms with Gasteiger partial charge in [-0.3, -0.25) is 0 Å². The highest BCUT2D eigenvalue weighted by Crippen LogP contribution is 2.30. The maximum Gasteiger partial charge on any atom is 0.268 e. The van der Waals surface area contributed by atoms with E-state index in [0.717, 1.165) is 6.20 Å². The molecule has 0 saturated heterocycles. The number of nitrogens with zero attached hydrogens (tertiary/aromatic N) is 1. The van der Waals surface area contributed by atoms with Crippen molar-refractivity contribution in [1.82, 2.24) is 4.98 Å². The third-order valence-electron chi connectivity index (χ3n) is 1.18. The molecule has 0 bridgehead atoms. The fraction of sp³-hybridized carbons (Fsp3) is 0.167. The van der Waals surface area contributed by atoms with E-state index in [1.807, 2.05) is 0 Å². The van der Waals surface area contributed by atoms with Crippen LogP contribution in [0.1, 0.15) is 12.0 Å². The van der Waals surface area contributed by atoms with Gasteiger partial charge in [0.25, 0.3) is 6.43 Å². The van der Waals surface area contributed by atoms with Gasteiger partial charge in [0.15, 0.2) is 5.82 Å². The molecule has 0 atom stereocenters. The summed E-state index contributed by atoms with van der Waals surface area (Å²) in [5.74, 6) is -0.980. The van der Waals surface area contributed by atoms with Crippen LogP contribution in [0.3, 0.4) is 0 Å². The predicted octanol–water partition coefficient (Wildman–Crippen LogP) is 3.68. The quantitative estimate of drug-likeness (QED) is 0.721. The van der Waals surface area contributed by atoms with Crippen molar-refractivity contribution < 1.29 is 13.2 Å². The summed E-state index contributed by atoms with van der Waals surface area (Å²) in [4.78, 5) is 3.51. The van der Waals surface area contributed by atoms with E-state index in [4.69, 9.17) is 0 Å². The van der Waals surface area contributed by atoms with E-state index in [1.54, 1.807) is 0 Å². The smallest absolute Gasteiger partial charge is 0.247 e. The maximum atomic E-state index is 12.9.